The van der Waals surface area contributed by atoms with Crippen LogP contribution in [0.1, 0.15) is 12.5 Å². The van der Waals surface area contributed by atoms with E-state index in [9.17, 15) is 0 Å². The fourth-order valence-electron chi connectivity index (χ4n) is 1.50. The molecule has 1 rings (SSSR count). The van der Waals surface area contributed by atoms with E-state index < -0.39 is 0 Å². The third-order valence-corrected chi connectivity index (χ3v) is 2.79. The maximum atomic E-state index is 5.60. The summed E-state index contributed by atoms with van der Waals surface area (Å²) in [5.74, 6) is 1.74. The standard InChI is InChI=1S/C13H22N2OS/c1-11(14-2)8-12-4-3-5-13(9-12)16-10-15-6-7-17/h3-5,9,11,14-15,17H,6-8,10H2,1-2H3/t11-/m1/s1. The van der Waals surface area contributed by atoms with Gasteiger partial charge in [-0.25, -0.2) is 0 Å². The van der Waals surface area contributed by atoms with Crippen molar-refractivity contribution in [2.75, 3.05) is 26.1 Å². The zero-order chi connectivity index (χ0) is 12.5. The Bertz CT molecular complexity index is 320. The lowest BCUT2D eigenvalue weighted by Gasteiger charge is -2.12. The number of thiol groups is 1. The molecule has 0 unspecified atom stereocenters. The van der Waals surface area contributed by atoms with Crippen molar-refractivity contribution in [3.8, 4) is 5.75 Å². The molecule has 0 saturated heterocycles. The van der Waals surface area contributed by atoms with Crippen LogP contribution in [0.3, 0.4) is 0 Å². The van der Waals surface area contributed by atoms with Crippen LogP contribution in [-0.2, 0) is 6.42 Å². The molecule has 0 aliphatic heterocycles. The van der Waals surface area contributed by atoms with Crippen molar-refractivity contribution in [3.63, 3.8) is 0 Å². The topological polar surface area (TPSA) is 33.3 Å². The number of benzene rings is 1. The number of ether oxygens (including phenoxy) is 1. The van der Waals surface area contributed by atoms with Gasteiger partial charge in [-0.3, -0.25) is 5.32 Å². The van der Waals surface area contributed by atoms with Gasteiger partial charge in [0.25, 0.3) is 0 Å². The van der Waals surface area contributed by atoms with E-state index in [2.05, 4.69) is 42.3 Å². The fraction of sp³-hybridized carbons (Fsp3) is 0.538. The van der Waals surface area contributed by atoms with Crippen molar-refractivity contribution in [3.05, 3.63) is 29.8 Å². The zero-order valence-electron chi connectivity index (χ0n) is 10.6. The van der Waals surface area contributed by atoms with Gasteiger partial charge >= 0.3 is 0 Å². The molecule has 1 aromatic carbocycles. The van der Waals surface area contributed by atoms with Gasteiger partial charge in [-0.1, -0.05) is 12.1 Å². The first-order chi connectivity index (χ1) is 8.26. The van der Waals surface area contributed by atoms with Crippen molar-refractivity contribution < 1.29 is 4.74 Å². The maximum Gasteiger partial charge on any atom is 0.139 e. The van der Waals surface area contributed by atoms with Gasteiger partial charge in [0.2, 0.25) is 0 Å². The van der Waals surface area contributed by atoms with E-state index in [4.69, 9.17) is 4.74 Å². The normalized spacial score (nSPS) is 12.4. The molecular weight excluding hydrogens is 232 g/mol. The number of likely N-dealkylation sites (N-methyl/N-ethyl adjacent to an activating group) is 1. The molecular formula is C13H22N2OS. The molecule has 0 aliphatic carbocycles. The van der Waals surface area contributed by atoms with Crippen LogP contribution in [-0.4, -0.2) is 32.1 Å². The van der Waals surface area contributed by atoms with Gasteiger partial charge in [-0.05, 0) is 38.1 Å². The van der Waals surface area contributed by atoms with E-state index in [1.54, 1.807) is 0 Å². The summed E-state index contributed by atoms with van der Waals surface area (Å²) in [7, 11) is 1.98. The Morgan fingerprint density at radius 2 is 2.24 bits per heavy atom. The highest BCUT2D eigenvalue weighted by molar-refractivity contribution is 7.80. The number of hydrogen-bond acceptors (Lipinski definition) is 4. The SMILES string of the molecule is CN[C@H](C)Cc1cccc(OCNCCS)c1. The van der Waals surface area contributed by atoms with Crippen LogP contribution < -0.4 is 15.4 Å². The third-order valence-electron chi connectivity index (χ3n) is 2.56. The zero-order valence-corrected chi connectivity index (χ0v) is 11.5. The van der Waals surface area contributed by atoms with Gasteiger partial charge in [-0.15, -0.1) is 0 Å². The molecule has 3 nitrogen and oxygen atoms in total. The minimum Gasteiger partial charge on any atom is -0.478 e. The van der Waals surface area contributed by atoms with Crippen molar-refractivity contribution in [1.82, 2.24) is 10.6 Å². The molecule has 0 fully saturated rings. The predicted octanol–water partition coefficient (Wildman–Crippen LogP) is 1.69. The number of hydrogen-bond donors (Lipinski definition) is 3. The third kappa shape index (κ3) is 5.96. The van der Waals surface area contributed by atoms with Gasteiger partial charge < -0.3 is 10.1 Å². The highest BCUT2D eigenvalue weighted by Gasteiger charge is 2.01. The van der Waals surface area contributed by atoms with Gasteiger partial charge in [0.05, 0.1) is 0 Å². The molecule has 0 saturated carbocycles. The molecule has 1 aromatic rings. The van der Waals surface area contributed by atoms with E-state index in [0.717, 1.165) is 24.5 Å². The minimum absolute atomic E-state index is 0.479. The Morgan fingerprint density at radius 1 is 1.41 bits per heavy atom. The van der Waals surface area contributed by atoms with Gasteiger partial charge in [0.1, 0.15) is 12.5 Å². The first-order valence-electron chi connectivity index (χ1n) is 5.97. The van der Waals surface area contributed by atoms with Crippen molar-refractivity contribution in [1.29, 1.82) is 0 Å². The maximum absolute atomic E-state index is 5.60. The Balaban J connectivity index is 2.42. The summed E-state index contributed by atoms with van der Waals surface area (Å²) in [6.45, 7) is 3.56. The van der Waals surface area contributed by atoms with Crippen LogP contribution in [0.4, 0.5) is 0 Å². The lowest BCUT2D eigenvalue weighted by molar-refractivity contribution is 0.287. The summed E-state index contributed by atoms with van der Waals surface area (Å²) in [5, 5.41) is 6.38. The van der Waals surface area contributed by atoms with E-state index >= 15 is 0 Å². The van der Waals surface area contributed by atoms with Gasteiger partial charge in [-0.2, -0.15) is 12.6 Å². The van der Waals surface area contributed by atoms with E-state index in [1.807, 2.05) is 19.2 Å². The molecule has 0 heterocycles. The number of rotatable bonds is 8. The summed E-state index contributed by atoms with van der Waals surface area (Å²) in [4.78, 5) is 0. The lowest BCUT2D eigenvalue weighted by atomic mass is 10.1. The first kappa shape index (κ1) is 14.4. The highest BCUT2D eigenvalue weighted by atomic mass is 32.1. The Labute approximate surface area is 109 Å². The average molecular weight is 254 g/mol. The fourth-order valence-corrected chi connectivity index (χ4v) is 1.66. The minimum atomic E-state index is 0.479. The Morgan fingerprint density at radius 3 is 2.94 bits per heavy atom. The molecule has 1 atom stereocenters. The summed E-state index contributed by atoms with van der Waals surface area (Å²) in [5.41, 5.74) is 1.29. The van der Waals surface area contributed by atoms with E-state index in [-0.39, 0.29) is 0 Å². The molecule has 0 spiro atoms. The van der Waals surface area contributed by atoms with Gasteiger partial charge in [0.15, 0.2) is 0 Å². The van der Waals surface area contributed by atoms with Crippen molar-refractivity contribution in [2.24, 2.45) is 0 Å². The largest absolute Gasteiger partial charge is 0.478 e. The van der Waals surface area contributed by atoms with E-state index in [0.29, 0.717) is 12.8 Å². The van der Waals surface area contributed by atoms with Crippen LogP contribution in [0.25, 0.3) is 0 Å². The second-order valence-corrected chi connectivity index (χ2v) is 4.50. The second-order valence-electron chi connectivity index (χ2n) is 4.05. The molecule has 17 heavy (non-hydrogen) atoms. The summed E-state index contributed by atoms with van der Waals surface area (Å²) in [6.07, 6.45) is 1.01. The lowest BCUT2D eigenvalue weighted by Crippen LogP contribution is -2.23. The van der Waals surface area contributed by atoms with Crippen LogP contribution in [0.2, 0.25) is 0 Å². The van der Waals surface area contributed by atoms with Crippen LogP contribution in [0, 0.1) is 0 Å². The summed E-state index contributed by atoms with van der Waals surface area (Å²) in [6, 6.07) is 8.71. The second kappa shape index (κ2) is 8.39. The van der Waals surface area contributed by atoms with Crippen molar-refractivity contribution in [2.45, 2.75) is 19.4 Å². The first-order valence-corrected chi connectivity index (χ1v) is 6.60. The van der Waals surface area contributed by atoms with Crippen LogP contribution in [0.15, 0.2) is 24.3 Å². The molecule has 0 radical (unpaired) electrons. The van der Waals surface area contributed by atoms with Gasteiger partial charge in [0, 0.05) is 18.3 Å². The predicted molar refractivity (Wildman–Crippen MR) is 76.0 cm³/mol. The smallest absolute Gasteiger partial charge is 0.139 e. The van der Waals surface area contributed by atoms with E-state index in [1.165, 1.54) is 5.56 Å². The monoisotopic (exact) mass is 254 g/mol. The highest BCUT2D eigenvalue weighted by Crippen LogP contribution is 2.14. The molecule has 0 aliphatic rings. The quantitative estimate of drug-likeness (QED) is 0.375. The molecule has 2 N–H and O–H groups in total. The Kier molecular flexibility index (Phi) is 7.08. The Hall–Kier alpha value is -0.710. The van der Waals surface area contributed by atoms with Crippen LogP contribution in [0.5, 0.6) is 5.75 Å². The summed E-state index contributed by atoms with van der Waals surface area (Å²) < 4.78 is 5.60. The average Bonchev–Trinajstić information content (AvgIpc) is 2.35. The molecule has 0 amide bonds. The number of nitrogens with one attached hydrogen (secondary N) is 2. The van der Waals surface area contributed by atoms with Crippen LogP contribution >= 0.6 is 12.6 Å². The molecule has 0 aromatic heterocycles. The van der Waals surface area contributed by atoms with Crippen molar-refractivity contribution >= 4 is 12.6 Å². The molecule has 96 valence electrons. The molecule has 0 bridgehead atoms. The summed E-state index contributed by atoms with van der Waals surface area (Å²) >= 11 is 4.12. The molecule has 4 heteroatoms.